The summed E-state index contributed by atoms with van der Waals surface area (Å²) in [6.45, 7) is 3.49. The number of hydrogen-bond acceptors (Lipinski definition) is 3. The third-order valence-corrected chi connectivity index (χ3v) is 1.83. The zero-order chi connectivity index (χ0) is 9.90. The Hall–Kier alpha value is -1.06. The Morgan fingerprint density at radius 2 is 1.92 bits per heavy atom. The topological polar surface area (TPSA) is 49.7 Å². The van der Waals surface area contributed by atoms with Crippen molar-refractivity contribution < 1.29 is 14.9 Å². The van der Waals surface area contributed by atoms with Crippen molar-refractivity contribution in [1.29, 1.82) is 0 Å². The lowest BCUT2D eigenvalue weighted by Crippen LogP contribution is -2.34. The predicted octanol–water partition coefficient (Wildman–Crippen LogP) is 1.42. The number of hydrogen-bond donors (Lipinski definition) is 2. The molecule has 72 valence electrons. The molecule has 0 atom stereocenters. The lowest BCUT2D eigenvalue weighted by Gasteiger charge is -2.21. The highest BCUT2D eigenvalue weighted by Gasteiger charge is 2.22. The van der Waals surface area contributed by atoms with E-state index in [9.17, 15) is 10.2 Å². The number of ether oxygens (including phenoxy) is 1. The minimum Gasteiger partial charge on any atom is -0.439 e. The molecule has 1 aromatic carbocycles. The summed E-state index contributed by atoms with van der Waals surface area (Å²) in [7, 11) is 0. The molecule has 0 unspecified atom stereocenters. The molecule has 13 heavy (non-hydrogen) atoms. The van der Waals surface area contributed by atoms with E-state index >= 15 is 0 Å². The highest BCUT2D eigenvalue weighted by atomic mass is 16.8. The van der Waals surface area contributed by atoms with E-state index in [1.165, 1.54) is 0 Å². The molecule has 0 amide bonds. The van der Waals surface area contributed by atoms with Crippen molar-refractivity contribution in [3.8, 4) is 5.75 Å². The summed E-state index contributed by atoms with van der Waals surface area (Å²) >= 11 is 0. The number of aryl methyl sites for hydroxylation is 1. The molecule has 0 aliphatic heterocycles. The van der Waals surface area contributed by atoms with Crippen LogP contribution in [0, 0.1) is 6.92 Å². The zero-order valence-electron chi connectivity index (χ0n) is 7.82. The summed E-state index contributed by atoms with van der Waals surface area (Å²) in [5.41, 5.74) is 0.878. The largest absolute Gasteiger partial charge is 0.439 e. The van der Waals surface area contributed by atoms with Crippen molar-refractivity contribution in [3.63, 3.8) is 0 Å². The molecular formula is C10H14O3. The zero-order valence-corrected chi connectivity index (χ0v) is 7.82. The minimum atomic E-state index is -2.06. The molecule has 0 fully saturated rings. The van der Waals surface area contributed by atoms with E-state index in [0.29, 0.717) is 5.75 Å². The Kier molecular flexibility index (Phi) is 2.90. The summed E-state index contributed by atoms with van der Waals surface area (Å²) in [6, 6.07) is 7.20. The van der Waals surface area contributed by atoms with Gasteiger partial charge in [-0.3, -0.25) is 0 Å². The monoisotopic (exact) mass is 182 g/mol. The number of benzene rings is 1. The molecule has 0 spiro atoms. The van der Waals surface area contributed by atoms with Gasteiger partial charge in [-0.05, 0) is 18.6 Å². The summed E-state index contributed by atoms with van der Waals surface area (Å²) in [6.07, 6.45) is 0.126. The van der Waals surface area contributed by atoms with Gasteiger partial charge < -0.3 is 14.9 Å². The van der Waals surface area contributed by atoms with Crippen LogP contribution in [-0.4, -0.2) is 16.2 Å². The maximum absolute atomic E-state index is 9.23. The van der Waals surface area contributed by atoms with Crippen molar-refractivity contribution in [3.05, 3.63) is 29.8 Å². The van der Waals surface area contributed by atoms with Gasteiger partial charge >= 0.3 is 5.97 Å². The summed E-state index contributed by atoms with van der Waals surface area (Å²) in [5.74, 6) is -1.57. The fourth-order valence-electron chi connectivity index (χ4n) is 0.919. The second kappa shape index (κ2) is 3.77. The Labute approximate surface area is 77.6 Å². The van der Waals surface area contributed by atoms with E-state index in [1.54, 1.807) is 19.1 Å². The highest BCUT2D eigenvalue weighted by molar-refractivity contribution is 5.31. The highest BCUT2D eigenvalue weighted by Crippen LogP contribution is 2.21. The summed E-state index contributed by atoms with van der Waals surface area (Å²) in [4.78, 5) is 0. The molecule has 3 heteroatoms. The summed E-state index contributed by atoms with van der Waals surface area (Å²) < 4.78 is 4.99. The van der Waals surface area contributed by atoms with E-state index in [1.807, 2.05) is 19.1 Å². The maximum atomic E-state index is 9.23. The lowest BCUT2D eigenvalue weighted by atomic mass is 10.2. The van der Waals surface area contributed by atoms with E-state index < -0.39 is 5.97 Å². The van der Waals surface area contributed by atoms with Crippen LogP contribution in [0.25, 0.3) is 0 Å². The first-order valence-electron chi connectivity index (χ1n) is 4.24. The lowest BCUT2D eigenvalue weighted by molar-refractivity contribution is -0.293. The molecule has 0 saturated carbocycles. The second-order valence-corrected chi connectivity index (χ2v) is 2.96. The van der Waals surface area contributed by atoms with Crippen molar-refractivity contribution in [2.45, 2.75) is 26.2 Å². The van der Waals surface area contributed by atoms with Crippen molar-refractivity contribution >= 4 is 0 Å². The Morgan fingerprint density at radius 1 is 1.31 bits per heavy atom. The molecule has 0 heterocycles. The molecule has 1 rings (SSSR count). The van der Waals surface area contributed by atoms with Crippen LogP contribution in [0.3, 0.4) is 0 Å². The predicted molar refractivity (Wildman–Crippen MR) is 49.3 cm³/mol. The molecule has 0 bridgehead atoms. The minimum absolute atomic E-state index is 0.126. The van der Waals surface area contributed by atoms with Gasteiger partial charge in [-0.2, -0.15) is 0 Å². The van der Waals surface area contributed by atoms with Gasteiger partial charge in [0.15, 0.2) is 0 Å². The number of para-hydroxylation sites is 1. The fourth-order valence-corrected chi connectivity index (χ4v) is 0.919. The van der Waals surface area contributed by atoms with Crippen molar-refractivity contribution in [1.82, 2.24) is 0 Å². The molecule has 0 aromatic heterocycles. The Balaban J connectivity index is 2.80. The number of aliphatic hydroxyl groups is 2. The van der Waals surface area contributed by atoms with E-state index in [2.05, 4.69) is 0 Å². The molecule has 1 aromatic rings. The quantitative estimate of drug-likeness (QED) is 0.695. The van der Waals surface area contributed by atoms with Crippen LogP contribution in [0.15, 0.2) is 24.3 Å². The van der Waals surface area contributed by atoms with Crippen LogP contribution >= 0.6 is 0 Å². The molecule has 0 radical (unpaired) electrons. The smallest absolute Gasteiger partial charge is 0.321 e. The summed E-state index contributed by atoms with van der Waals surface area (Å²) in [5, 5.41) is 18.5. The first-order chi connectivity index (χ1) is 6.05. The molecule has 0 saturated heterocycles. The van der Waals surface area contributed by atoms with Gasteiger partial charge in [-0.1, -0.05) is 25.1 Å². The van der Waals surface area contributed by atoms with Gasteiger partial charge in [0.2, 0.25) is 0 Å². The Bertz CT molecular complexity index is 281. The van der Waals surface area contributed by atoms with Gasteiger partial charge in [0.05, 0.1) is 0 Å². The fraction of sp³-hybridized carbons (Fsp3) is 0.400. The van der Waals surface area contributed by atoms with Crippen LogP contribution < -0.4 is 4.74 Å². The van der Waals surface area contributed by atoms with Crippen molar-refractivity contribution in [2.24, 2.45) is 0 Å². The van der Waals surface area contributed by atoms with E-state index in [0.717, 1.165) is 5.56 Å². The third-order valence-electron chi connectivity index (χ3n) is 1.83. The van der Waals surface area contributed by atoms with Gasteiger partial charge in [-0.15, -0.1) is 0 Å². The molecule has 2 N–H and O–H groups in total. The third kappa shape index (κ3) is 2.72. The average molecular weight is 182 g/mol. The molecule has 0 aliphatic rings. The Morgan fingerprint density at radius 3 is 2.46 bits per heavy atom. The van der Waals surface area contributed by atoms with Gasteiger partial charge in [-0.25, -0.2) is 0 Å². The van der Waals surface area contributed by atoms with Gasteiger partial charge in [0.25, 0.3) is 0 Å². The number of rotatable bonds is 3. The first-order valence-corrected chi connectivity index (χ1v) is 4.24. The average Bonchev–Trinajstić information content (AvgIpc) is 2.09. The SMILES string of the molecule is CCC(O)(O)Oc1ccccc1C. The van der Waals surface area contributed by atoms with Crippen molar-refractivity contribution in [2.75, 3.05) is 0 Å². The standard InChI is InChI=1S/C10H14O3/c1-3-10(11,12)13-9-7-5-4-6-8(9)2/h4-7,11-12H,3H2,1-2H3. The van der Waals surface area contributed by atoms with Gasteiger partial charge in [0, 0.05) is 6.42 Å². The van der Waals surface area contributed by atoms with Crippen LogP contribution in [0.4, 0.5) is 0 Å². The van der Waals surface area contributed by atoms with Crippen LogP contribution in [0.1, 0.15) is 18.9 Å². The van der Waals surface area contributed by atoms with Crippen LogP contribution in [-0.2, 0) is 0 Å². The van der Waals surface area contributed by atoms with Gasteiger partial charge in [0.1, 0.15) is 5.75 Å². The molecule has 0 aliphatic carbocycles. The van der Waals surface area contributed by atoms with E-state index in [-0.39, 0.29) is 6.42 Å². The van der Waals surface area contributed by atoms with Crippen LogP contribution in [0.2, 0.25) is 0 Å². The molecule has 3 nitrogen and oxygen atoms in total. The normalized spacial score (nSPS) is 11.4. The first kappa shape index (κ1) is 10.0. The maximum Gasteiger partial charge on any atom is 0.321 e. The van der Waals surface area contributed by atoms with Crippen LogP contribution in [0.5, 0.6) is 5.75 Å². The molecular weight excluding hydrogens is 168 g/mol. The second-order valence-electron chi connectivity index (χ2n) is 2.96. The van der Waals surface area contributed by atoms with E-state index in [4.69, 9.17) is 4.74 Å².